The number of anilines is 2. The lowest BCUT2D eigenvalue weighted by Crippen LogP contribution is -2.32. The van der Waals surface area contributed by atoms with Crippen LogP contribution in [0.2, 0.25) is 0 Å². The number of aromatic nitrogens is 1. The molecular formula is C16H13F4N3O. The van der Waals surface area contributed by atoms with Crippen molar-refractivity contribution >= 4 is 17.4 Å². The van der Waals surface area contributed by atoms with Crippen LogP contribution in [-0.2, 0) is 6.18 Å². The van der Waals surface area contributed by atoms with Crippen LogP contribution in [0.15, 0.2) is 36.7 Å². The maximum atomic E-state index is 13.4. The summed E-state index contributed by atoms with van der Waals surface area (Å²) in [6.45, 7) is 2.33. The first kappa shape index (κ1) is 16.2. The standard InChI is InChI=1S/C16H13F4N3O/c1-10-4-5-21-9-14(10)23-7-6-22(15(23)24)11-2-3-13(17)12(8-11)16(18,19)20/h2-5,8-9H,6-7H2,1H3. The van der Waals surface area contributed by atoms with Crippen molar-refractivity contribution in [3.8, 4) is 0 Å². The third-order valence-electron chi connectivity index (χ3n) is 3.88. The molecule has 0 bridgehead atoms. The summed E-state index contributed by atoms with van der Waals surface area (Å²) in [6, 6.07) is 3.83. The highest BCUT2D eigenvalue weighted by Gasteiger charge is 2.37. The minimum absolute atomic E-state index is 0.0118. The van der Waals surface area contributed by atoms with Crippen LogP contribution in [-0.4, -0.2) is 24.1 Å². The van der Waals surface area contributed by atoms with E-state index in [4.69, 9.17) is 0 Å². The van der Waals surface area contributed by atoms with Gasteiger partial charge in [0.25, 0.3) is 0 Å². The molecule has 0 saturated carbocycles. The Morgan fingerprint density at radius 1 is 1.12 bits per heavy atom. The lowest BCUT2D eigenvalue weighted by Gasteiger charge is -2.20. The van der Waals surface area contributed by atoms with E-state index in [0.29, 0.717) is 18.3 Å². The number of hydrogen-bond donors (Lipinski definition) is 0. The average Bonchev–Trinajstić information content (AvgIpc) is 2.89. The number of carbonyl (C=O) groups excluding carboxylic acids is 1. The van der Waals surface area contributed by atoms with Gasteiger partial charge in [0.05, 0.1) is 17.4 Å². The van der Waals surface area contributed by atoms with Gasteiger partial charge in [0.1, 0.15) is 5.82 Å². The zero-order valence-electron chi connectivity index (χ0n) is 12.6. The number of hydrogen-bond acceptors (Lipinski definition) is 2. The van der Waals surface area contributed by atoms with E-state index in [-0.39, 0.29) is 12.2 Å². The Morgan fingerprint density at radius 2 is 1.83 bits per heavy atom. The van der Waals surface area contributed by atoms with Gasteiger partial charge in [-0.2, -0.15) is 13.2 Å². The third kappa shape index (κ3) is 2.79. The number of benzene rings is 1. The van der Waals surface area contributed by atoms with Crippen LogP contribution >= 0.6 is 0 Å². The highest BCUT2D eigenvalue weighted by molar-refractivity contribution is 6.06. The van der Waals surface area contributed by atoms with Gasteiger partial charge in [-0.05, 0) is 36.8 Å². The molecule has 0 radical (unpaired) electrons. The number of rotatable bonds is 2. The summed E-state index contributed by atoms with van der Waals surface area (Å²) >= 11 is 0. The van der Waals surface area contributed by atoms with Gasteiger partial charge in [0, 0.05) is 25.0 Å². The zero-order valence-corrected chi connectivity index (χ0v) is 12.6. The maximum Gasteiger partial charge on any atom is 0.419 e. The van der Waals surface area contributed by atoms with E-state index in [1.165, 1.54) is 22.1 Å². The number of pyridine rings is 1. The molecule has 1 saturated heterocycles. The Balaban J connectivity index is 1.93. The lowest BCUT2D eigenvalue weighted by molar-refractivity contribution is -0.139. The predicted octanol–water partition coefficient (Wildman–Crippen LogP) is 3.99. The molecule has 0 atom stereocenters. The van der Waals surface area contributed by atoms with Gasteiger partial charge in [0.15, 0.2) is 0 Å². The van der Waals surface area contributed by atoms with Crippen molar-refractivity contribution in [2.45, 2.75) is 13.1 Å². The molecule has 2 aromatic rings. The predicted molar refractivity (Wildman–Crippen MR) is 80.5 cm³/mol. The van der Waals surface area contributed by atoms with E-state index in [9.17, 15) is 22.4 Å². The van der Waals surface area contributed by atoms with Gasteiger partial charge in [0.2, 0.25) is 0 Å². The highest BCUT2D eigenvalue weighted by atomic mass is 19.4. The molecule has 0 unspecified atom stereocenters. The summed E-state index contributed by atoms with van der Waals surface area (Å²) in [7, 11) is 0. The van der Waals surface area contributed by atoms with Gasteiger partial charge >= 0.3 is 12.2 Å². The second-order valence-electron chi connectivity index (χ2n) is 5.41. The quantitative estimate of drug-likeness (QED) is 0.776. The van der Waals surface area contributed by atoms with Gasteiger partial charge in [-0.1, -0.05) is 0 Å². The number of halogens is 4. The van der Waals surface area contributed by atoms with E-state index < -0.39 is 23.6 Å². The summed E-state index contributed by atoms with van der Waals surface area (Å²) in [5.41, 5.74) is 0.0556. The second-order valence-corrected chi connectivity index (χ2v) is 5.41. The molecule has 2 heterocycles. The van der Waals surface area contributed by atoms with Crippen molar-refractivity contribution in [2.24, 2.45) is 0 Å². The maximum absolute atomic E-state index is 13.4. The molecule has 1 aliphatic heterocycles. The Morgan fingerprint density at radius 3 is 2.50 bits per heavy atom. The van der Waals surface area contributed by atoms with E-state index in [0.717, 1.165) is 11.6 Å². The second kappa shape index (κ2) is 5.77. The monoisotopic (exact) mass is 339 g/mol. The molecule has 0 N–H and O–H groups in total. The van der Waals surface area contributed by atoms with Crippen molar-refractivity contribution in [3.05, 3.63) is 53.6 Å². The first-order valence-corrected chi connectivity index (χ1v) is 7.15. The van der Waals surface area contributed by atoms with Crippen LogP contribution in [0.4, 0.5) is 33.7 Å². The summed E-state index contributed by atoms with van der Waals surface area (Å²) in [6.07, 6.45) is -1.70. The van der Waals surface area contributed by atoms with Crippen LogP contribution < -0.4 is 9.80 Å². The molecule has 126 valence electrons. The molecule has 1 aliphatic rings. The van der Waals surface area contributed by atoms with Gasteiger partial charge in [-0.15, -0.1) is 0 Å². The fraction of sp³-hybridized carbons (Fsp3) is 0.250. The van der Waals surface area contributed by atoms with Gasteiger partial charge in [-0.25, -0.2) is 9.18 Å². The normalized spacial score (nSPS) is 15.3. The third-order valence-corrected chi connectivity index (χ3v) is 3.88. The Kier molecular flexibility index (Phi) is 3.90. The molecule has 4 nitrogen and oxygen atoms in total. The number of alkyl halides is 3. The number of carbonyl (C=O) groups is 1. The summed E-state index contributed by atoms with van der Waals surface area (Å²) in [5.74, 6) is -1.36. The van der Waals surface area contributed by atoms with E-state index >= 15 is 0 Å². The molecule has 1 aromatic heterocycles. The van der Waals surface area contributed by atoms with Crippen LogP contribution in [0.25, 0.3) is 0 Å². The molecule has 0 spiro atoms. The van der Waals surface area contributed by atoms with E-state index in [2.05, 4.69) is 4.98 Å². The van der Waals surface area contributed by atoms with Crippen molar-refractivity contribution < 1.29 is 22.4 Å². The Hall–Kier alpha value is -2.64. The van der Waals surface area contributed by atoms with Crippen LogP contribution in [0.5, 0.6) is 0 Å². The molecule has 8 heteroatoms. The minimum atomic E-state index is -4.82. The van der Waals surface area contributed by atoms with Gasteiger partial charge < -0.3 is 0 Å². The molecule has 3 rings (SSSR count). The first-order valence-electron chi connectivity index (χ1n) is 7.15. The van der Waals surface area contributed by atoms with Crippen LogP contribution in [0.1, 0.15) is 11.1 Å². The lowest BCUT2D eigenvalue weighted by atomic mass is 10.1. The minimum Gasteiger partial charge on any atom is -0.292 e. The molecule has 1 fully saturated rings. The van der Waals surface area contributed by atoms with Crippen molar-refractivity contribution in [2.75, 3.05) is 22.9 Å². The summed E-state index contributed by atoms with van der Waals surface area (Å²) < 4.78 is 51.9. The van der Waals surface area contributed by atoms with E-state index in [1.807, 2.05) is 6.92 Å². The van der Waals surface area contributed by atoms with Crippen molar-refractivity contribution in [3.63, 3.8) is 0 Å². The summed E-state index contributed by atoms with van der Waals surface area (Å²) in [4.78, 5) is 19.2. The molecule has 0 aliphatic carbocycles. The molecule has 24 heavy (non-hydrogen) atoms. The zero-order chi connectivity index (χ0) is 17.5. The first-order chi connectivity index (χ1) is 11.3. The fourth-order valence-corrected chi connectivity index (χ4v) is 2.64. The number of amides is 2. The fourth-order valence-electron chi connectivity index (χ4n) is 2.64. The SMILES string of the molecule is Cc1ccncc1N1CCN(c2ccc(F)c(C(F)(F)F)c2)C1=O. The molecule has 1 aromatic carbocycles. The highest BCUT2D eigenvalue weighted by Crippen LogP contribution is 2.35. The smallest absolute Gasteiger partial charge is 0.292 e. The topological polar surface area (TPSA) is 36.4 Å². The van der Waals surface area contributed by atoms with Gasteiger partial charge in [-0.3, -0.25) is 14.8 Å². The Labute approximate surface area is 135 Å². The van der Waals surface area contributed by atoms with Crippen LogP contribution in [0, 0.1) is 12.7 Å². The molecule has 2 amide bonds. The number of urea groups is 1. The van der Waals surface area contributed by atoms with Crippen molar-refractivity contribution in [1.82, 2.24) is 4.98 Å². The van der Waals surface area contributed by atoms with E-state index in [1.54, 1.807) is 12.3 Å². The average molecular weight is 339 g/mol. The largest absolute Gasteiger partial charge is 0.419 e. The Bertz CT molecular complexity index is 791. The van der Waals surface area contributed by atoms with Crippen molar-refractivity contribution in [1.29, 1.82) is 0 Å². The summed E-state index contributed by atoms with van der Waals surface area (Å²) in [5, 5.41) is 0. The number of nitrogens with zero attached hydrogens (tertiary/aromatic N) is 3. The number of aryl methyl sites for hydroxylation is 1. The van der Waals surface area contributed by atoms with Crippen LogP contribution in [0.3, 0.4) is 0 Å². The molecular weight excluding hydrogens is 326 g/mol.